The highest BCUT2D eigenvalue weighted by molar-refractivity contribution is 5.73. The second-order valence-corrected chi connectivity index (χ2v) is 4.46. The average molecular weight is 232 g/mol. The van der Waals surface area contributed by atoms with Gasteiger partial charge in [0, 0.05) is 11.6 Å². The molecular formula is C13H16N2O2. The third kappa shape index (κ3) is 1.98. The molecule has 0 amide bonds. The monoisotopic (exact) mass is 232 g/mol. The molecule has 0 unspecified atom stereocenters. The Balaban J connectivity index is 2.64. The first-order valence-corrected chi connectivity index (χ1v) is 5.55. The molecule has 0 spiro atoms. The van der Waals surface area contributed by atoms with Gasteiger partial charge >= 0.3 is 0 Å². The van der Waals surface area contributed by atoms with Crippen molar-refractivity contribution in [3.8, 4) is 17.0 Å². The first-order valence-electron chi connectivity index (χ1n) is 5.55. The zero-order chi connectivity index (χ0) is 12.6. The van der Waals surface area contributed by atoms with Gasteiger partial charge in [-0.05, 0) is 24.0 Å². The SMILES string of the molecule is Cc1ccc(C(C)C)c(O)c1-c1cc(N)on1. The number of nitrogens with zero attached hydrogens (tertiary/aromatic N) is 1. The van der Waals surface area contributed by atoms with E-state index in [0.717, 1.165) is 11.1 Å². The van der Waals surface area contributed by atoms with Gasteiger partial charge in [-0.1, -0.05) is 31.1 Å². The molecule has 0 saturated heterocycles. The lowest BCUT2D eigenvalue weighted by atomic mass is 9.94. The number of hydrogen-bond acceptors (Lipinski definition) is 4. The van der Waals surface area contributed by atoms with Gasteiger partial charge < -0.3 is 15.4 Å². The highest BCUT2D eigenvalue weighted by atomic mass is 16.5. The summed E-state index contributed by atoms with van der Waals surface area (Å²) in [5.41, 5.74) is 8.60. The van der Waals surface area contributed by atoms with Crippen LogP contribution in [0.5, 0.6) is 5.75 Å². The van der Waals surface area contributed by atoms with E-state index in [2.05, 4.69) is 5.16 Å². The Morgan fingerprint density at radius 3 is 2.59 bits per heavy atom. The zero-order valence-corrected chi connectivity index (χ0v) is 10.2. The molecule has 1 aromatic heterocycles. The molecule has 90 valence electrons. The van der Waals surface area contributed by atoms with E-state index in [1.807, 2.05) is 32.9 Å². The van der Waals surface area contributed by atoms with Crippen LogP contribution < -0.4 is 5.73 Å². The predicted molar refractivity (Wildman–Crippen MR) is 66.8 cm³/mol. The van der Waals surface area contributed by atoms with Crippen LogP contribution in [0.1, 0.15) is 30.9 Å². The minimum Gasteiger partial charge on any atom is -0.507 e. The third-order valence-electron chi connectivity index (χ3n) is 2.82. The van der Waals surface area contributed by atoms with Crippen molar-refractivity contribution in [1.82, 2.24) is 5.16 Å². The molecule has 2 aromatic rings. The number of phenols is 1. The Morgan fingerprint density at radius 2 is 2.06 bits per heavy atom. The van der Waals surface area contributed by atoms with Crippen molar-refractivity contribution in [2.24, 2.45) is 0 Å². The van der Waals surface area contributed by atoms with Crippen molar-refractivity contribution < 1.29 is 9.63 Å². The summed E-state index contributed by atoms with van der Waals surface area (Å²) in [4.78, 5) is 0. The number of rotatable bonds is 2. The summed E-state index contributed by atoms with van der Waals surface area (Å²) in [6, 6.07) is 5.52. The number of phenolic OH excluding ortho intramolecular Hbond substituents is 1. The van der Waals surface area contributed by atoms with Gasteiger partial charge in [0.05, 0.1) is 0 Å². The van der Waals surface area contributed by atoms with Crippen LogP contribution >= 0.6 is 0 Å². The summed E-state index contributed by atoms with van der Waals surface area (Å²) >= 11 is 0. The number of aromatic nitrogens is 1. The van der Waals surface area contributed by atoms with E-state index >= 15 is 0 Å². The van der Waals surface area contributed by atoms with Gasteiger partial charge in [-0.3, -0.25) is 0 Å². The molecule has 0 radical (unpaired) electrons. The Morgan fingerprint density at radius 1 is 1.35 bits per heavy atom. The molecule has 0 atom stereocenters. The fraction of sp³-hybridized carbons (Fsp3) is 0.308. The van der Waals surface area contributed by atoms with E-state index in [1.54, 1.807) is 6.07 Å². The van der Waals surface area contributed by atoms with Crippen LogP contribution in [0.15, 0.2) is 22.7 Å². The molecule has 1 heterocycles. The lowest BCUT2D eigenvalue weighted by molar-refractivity contribution is 0.436. The number of anilines is 1. The Kier molecular flexibility index (Phi) is 2.79. The minimum absolute atomic E-state index is 0.244. The van der Waals surface area contributed by atoms with Gasteiger partial charge in [-0.25, -0.2) is 0 Å². The van der Waals surface area contributed by atoms with Gasteiger partial charge in [-0.2, -0.15) is 0 Å². The molecule has 17 heavy (non-hydrogen) atoms. The summed E-state index contributed by atoms with van der Waals surface area (Å²) in [5, 5.41) is 14.1. The van der Waals surface area contributed by atoms with Crippen LogP contribution in [-0.4, -0.2) is 10.3 Å². The second kappa shape index (κ2) is 4.13. The maximum absolute atomic E-state index is 10.3. The molecular weight excluding hydrogens is 216 g/mol. The third-order valence-corrected chi connectivity index (χ3v) is 2.82. The quantitative estimate of drug-likeness (QED) is 0.834. The standard InChI is InChI=1S/C13H16N2O2/c1-7(2)9-5-4-8(3)12(13(9)16)10-6-11(14)17-15-10/h4-7,16H,14H2,1-3H3. The molecule has 0 saturated carbocycles. The fourth-order valence-corrected chi connectivity index (χ4v) is 1.90. The van der Waals surface area contributed by atoms with E-state index in [-0.39, 0.29) is 17.6 Å². The number of nitrogen functional groups attached to an aromatic ring is 1. The Bertz CT molecular complexity index is 544. The summed E-state index contributed by atoms with van der Waals surface area (Å²) < 4.78 is 4.85. The average Bonchev–Trinajstić information content (AvgIpc) is 2.64. The van der Waals surface area contributed by atoms with E-state index in [4.69, 9.17) is 10.3 Å². The summed E-state index contributed by atoms with van der Waals surface area (Å²) in [6.45, 7) is 5.99. The molecule has 0 fully saturated rings. The Labute approximate surface area is 100 Å². The van der Waals surface area contributed by atoms with Gasteiger partial charge in [-0.15, -0.1) is 0 Å². The molecule has 4 nitrogen and oxygen atoms in total. The van der Waals surface area contributed by atoms with E-state index in [1.165, 1.54) is 0 Å². The largest absolute Gasteiger partial charge is 0.507 e. The van der Waals surface area contributed by atoms with E-state index < -0.39 is 0 Å². The highest BCUT2D eigenvalue weighted by Gasteiger charge is 2.17. The van der Waals surface area contributed by atoms with Crippen LogP contribution in [0.2, 0.25) is 0 Å². The molecule has 3 N–H and O–H groups in total. The Hall–Kier alpha value is -1.97. The van der Waals surface area contributed by atoms with E-state index in [9.17, 15) is 5.11 Å². The number of benzene rings is 1. The summed E-state index contributed by atoms with van der Waals surface area (Å²) in [6.07, 6.45) is 0. The van der Waals surface area contributed by atoms with E-state index in [0.29, 0.717) is 11.3 Å². The van der Waals surface area contributed by atoms with Crippen molar-refractivity contribution in [3.63, 3.8) is 0 Å². The van der Waals surface area contributed by atoms with Gasteiger partial charge in [0.25, 0.3) is 0 Å². The van der Waals surface area contributed by atoms with Crippen LogP contribution in [-0.2, 0) is 0 Å². The van der Waals surface area contributed by atoms with Crippen molar-refractivity contribution in [2.75, 3.05) is 5.73 Å². The topological polar surface area (TPSA) is 72.3 Å². The van der Waals surface area contributed by atoms with Gasteiger partial charge in [0.1, 0.15) is 11.4 Å². The molecule has 4 heteroatoms. The maximum Gasteiger partial charge on any atom is 0.222 e. The maximum atomic E-state index is 10.3. The van der Waals surface area contributed by atoms with Crippen LogP contribution in [0, 0.1) is 6.92 Å². The van der Waals surface area contributed by atoms with Crippen molar-refractivity contribution in [1.29, 1.82) is 0 Å². The number of hydrogen-bond donors (Lipinski definition) is 2. The molecule has 0 aliphatic heterocycles. The zero-order valence-electron chi connectivity index (χ0n) is 10.2. The number of aryl methyl sites for hydroxylation is 1. The summed E-state index contributed by atoms with van der Waals surface area (Å²) in [5.74, 6) is 0.751. The first-order chi connectivity index (χ1) is 8.00. The number of nitrogens with two attached hydrogens (primary N) is 1. The van der Waals surface area contributed by atoms with Crippen molar-refractivity contribution in [2.45, 2.75) is 26.7 Å². The van der Waals surface area contributed by atoms with Crippen LogP contribution in [0.3, 0.4) is 0 Å². The smallest absolute Gasteiger partial charge is 0.222 e. The molecule has 1 aromatic carbocycles. The van der Waals surface area contributed by atoms with Crippen LogP contribution in [0.4, 0.5) is 5.88 Å². The van der Waals surface area contributed by atoms with Crippen molar-refractivity contribution in [3.05, 3.63) is 29.3 Å². The molecule has 0 aliphatic carbocycles. The fourth-order valence-electron chi connectivity index (χ4n) is 1.90. The summed E-state index contributed by atoms with van der Waals surface area (Å²) in [7, 11) is 0. The molecule has 0 aliphatic rings. The minimum atomic E-state index is 0.244. The first kappa shape index (κ1) is 11.5. The van der Waals surface area contributed by atoms with Crippen LogP contribution in [0.25, 0.3) is 11.3 Å². The second-order valence-electron chi connectivity index (χ2n) is 4.46. The lowest BCUT2D eigenvalue weighted by Gasteiger charge is -2.13. The normalized spacial score (nSPS) is 11.1. The predicted octanol–water partition coefficient (Wildman–Crippen LogP) is 3.06. The van der Waals surface area contributed by atoms with Crippen molar-refractivity contribution >= 4 is 5.88 Å². The molecule has 2 rings (SSSR count). The lowest BCUT2D eigenvalue weighted by Crippen LogP contribution is -1.93. The van der Waals surface area contributed by atoms with Gasteiger partial charge in [0.2, 0.25) is 5.88 Å². The number of aromatic hydroxyl groups is 1. The molecule has 0 bridgehead atoms. The van der Waals surface area contributed by atoms with Gasteiger partial charge in [0.15, 0.2) is 0 Å². The highest BCUT2D eigenvalue weighted by Crippen LogP contribution is 2.38.